The van der Waals surface area contributed by atoms with E-state index in [2.05, 4.69) is 17.0 Å². The van der Waals surface area contributed by atoms with E-state index >= 15 is 0 Å². The van der Waals surface area contributed by atoms with Crippen molar-refractivity contribution >= 4 is 14.8 Å². The minimum atomic E-state index is -2.77. The van der Waals surface area contributed by atoms with Gasteiger partial charge in [0.15, 0.2) is 0 Å². The quantitative estimate of drug-likeness (QED) is 0.435. The molecule has 20 heavy (non-hydrogen) atoms. The molecule has 0 heterocycles. The van der Waals surface area contributed by atoms with Crippen LogP contribution in [0, 0.1) is 0 Å². The van der Waals surface area contributed by atoms with Crippen LogP contribution in [0.1, 0.15) is 40.5 Å². The Morgan fingerprint density at radius 3 is 1.90 bits per heavy atom. The van der Waals surface area contributed by atoms with Crippen molar-refractivity contribution in [3.05, 3.63) is 0 Å². The van der Waals surface area contributed by atoms with Crippen LogP contribution in [-0.4, -0.2) is 53.9 Å². The summed E-state index contributed by atoms with van der Waals surface area (Å²) in [5.74, 6) is -0.233. The highest BCUT2D eigenvalue weighted by molar-refractivity contribution is 6.62. The van der Waals surface area contributed by atoms with Crippen molar-refractivity contribution in [1.29, 1.82) is 0 Å². The van der Waals surface area contributed by atoms with Gasteiger partial charge in [0.1, 0.15) is 0 Å². The average Bonchev–Trinajstić information content (AvgIpc) is 2.44. The molecule has 6 nitrogen and oxygen atoms in total. The maximum absolute atomic E-state index is 11.2. The van der Waals surface area contributed by atoms with Gasteiger partial charge in [0, 0.05) is 26.4 Å². The molecule has 0 aliphatic carbocycles. The van der Waals surface area contributed by atoms with Crippen molar-refractivity contribution in [1.82, 2.24) is 5.32 Å². The van der Waals surface area contributed by atoms with Crippen LogP contribution < -0.4 is 5.32 Å². The molecule has 0 aliphatic heterocycles. The first-order valence-corrected chi connectivity index (χ1v) is 9.12. The van der Waals surface area contributed by atoms with Gasteiger partial charge >= 0.3 is 14.8 Å². The summed E-state index contributed by atoms with van der Waals surface area (Å²) < 4.78 is 22.2. The molecule has 1 unspecified atom stereocenters. The summed E-state index contributed by atoms with van der Waals surface area (Å²) in [6.07, 6.45) is 1.13. The molecule has 0 radical (unpaired) electrons. The molecular formula is C13H29NO5Si. The number of carbonyl (C=O) groups excluding carboxylic acids is 1. The highest BCUT2D eigenvalue weighted by atomic mass is 28.4. The van der Waals surface area contributed by atoms with Crippen LogP contribution in [0.15, 0.2) is 0 Å². The third-order valence-electron chi connectivity index (χ3n) is 2.82. The first kappa shape index (κ1) is 19.5. The summed E-state index contributed by atoms with van der Waals surface area (Å²) in [7, 11) is -1.38. The zero-order valence-electron chi connectivity index (χ0n) is 13.4. The Morgan fingerprint density at radius 2 is 1.55 bits per heavy atom. The first-order valence-electron chi connectivity index (χ1n) is 7.32. The second-order valence-electron chi connectivity index (χ2n) is 4.14. The third kappa shape index (κ3) is 6.32. The number of methoxy groups -OCH3 is 1. The van der Waals surface area contributed by atoms with Gasteiger partial charge in [-0.15, -0.1) is 0 Å². The molecule has 0 aliphatic rings. The summed E-state index contributed by atoms with van der Waals surface area (Å²) in [5.41, 5.74) is -0.0213. The molecule has 0 saturated carbocycles. The molecule has 0 rings (SSSR count). The van der Waals surface area contributed by atoms with Crippen molar-refractivity contribution < 1.29 is 22.8 Å². The van der Waals surface area contributed by atoms with Crippen LogP contribution in [0.5, 0.6) is 0 Å². The van der Waals surface area contributed by atoms with Crippen LogP contribution >= 0.6 is 0 Å². The summed E-state index contributed by atoms with van der Waals surface area (Å²) in [5, 5.41) is 3.32. The molecule has 0 fully saturated rings. The van der Waals surface area contributed by atoms with Crippen LogP contribution in [0.4, 0.5) is 0 Å². The van der Waals surface area contributed by atoms with Crippen LogP contribution in [-0.2, 0) is 22.8 Å². The molecule has 1 atom stereocenters. The van der Waals surface area contributed by atoms with Crippen molar-refractivity contribution in [2.75, 3.05) is 33.5 Å². The lowest BCUT2D eigenvalue weighted by Crippen LogP contribution is -2.62. The van der Waals surface area contributed by atoms with Crippen molar-refractivity contribution in [2.45, 2.75) is 46.2 Å². The summed E-state index contributed by atoms with van der Waals surface area (Å²) in [6, 6.07) is 0. The Kier molecular flexibility index (Phi) is 10.9. The molecule has 0 amide bonds. The van der Waals surface area contributed by atoms with Gasteiger partial charge in [-0.05, 0) is 27.2 Å². The van der Waals surface area contributed by atoms with Crippen LogP contribution in [0.3, 0.4) is 0 Å². The topological polar surface area (TPSA) is 66.0 Å². The monoisotopic (exact) mass is 307 g/mol. The fourth-order valence-electron chi connectivity index (χ4n) is 2.00. The summed E-state index contributed by atoms with van der Waals surface area (Å²) in [6.45, 7) is 9.99. The summed E-state index contributed by atoms with van der Waals surface area (Å²) >= 11 is 0. The largest absolute Gasteiger partial charge is 0.518 e. The molecular weight excluding hydrogens is 278 g/mol. The van der Waals surface area contributed by atoms with E-state index < -0.39 is 8.80 Å². The van der Waals surface area contributed by atoms with E-state index in [-0.39, 0.29) is 11.6 Å². The number of carbonyl (C=O) groups is 1. The lowest BCUT2D eigenvalue weighted by atomic mass is 10.4. The van der Waals surface area contributed by atoms with Crippen molar-refractivity contribution in [3.8, 4) is 0 Å². The van der Waals surface area contributed by atoms with Gasteiger partial charge in [0.25, 0.3) is 0 Å². The Balaban J connectivity index is 4.73. The van der Waals surface area contributed by atoms with Gasteiger partial charge in [-0.3, -0.25) is 4.79 Å². The normalized spacial score (nSPS) is 13.2. The van der Waals surface area contributed by atoms with Crippen molar-refractivity contribution in [3.63, 3.8) is 0 Å². The number of hydrogen-bond donors (Lipinski definition) is 1. The Hall–Kier alpha value is -0.473. The molecule has 120 valence electrons. The number of ether oxygens (including phenoxy) is 1. The number of hydrogen-bond acceptors (Lipinski definition) is 6. The number of rotatable bonds is 12. The molecule has 0 aromatic carbocycles. The van der Waals surface area contributed by atoms with Crippen LogP contribution in [0.25, 0.3) is 0 Å². The van der Waals surface area contributed by atoms with E-state index in [0.29, 0.717) is 32.8 Å². The highest BCUT2D eigenvalue weighted by Crippen LogP contribution is 2.18. The zero-order chi connectivity index (χ0) is 15.4. The fourth-order valence-corrected chi connectivity index (χ4v) is 4.96. The van der Waals surface area contributed by atoms with E-state index in [1.54, 1.807) is 0 Å². The van der Waals surface area contributed by atoms with Crippen molar-refractivity contribution in [2.24, 2.45) is 0 Å². The second kappa shape index (κ2) is 11.2. The molecule has 0 aromatic rings. The minimum Gasteiger partial charge on any atom is -0.469 e. The van der Waals surface area contributed by atoms with Gasteiger partial charge in [-0.25, -0.2) is 0 Å². The van der Waals surface area contributed by atoms with E-state index in [9.17, 15) is 4.79 Å². The van der Waals surface area contributed by atoms with Crippen LogP contribution in [0.2, 0.25) is 0 Å². The maximum atomic E-state index is 11.2. The van der Waals surface area contributed by atoms with E-state index in [1.165, 1.54) is 7.11 Å². The lowest BCUT2D eigenvalue weighted by molar-refractivity contribution is -0.140. The Morgan fingerprint density at radius 1 is 1.05 bits per heavy atom. The number of nitrogens with one attached hydrogen (secondary N) is 1. The van der Waals surface area contributed by atoms with E-state index in [4.69, 9.17) is 13.3 Å². The van der Waals surface area contributed by atoms with E-state index in [0.717, 1.165) is 6.42 Å². The SMILES string of the molecule is CCO[Si](OCC)(OCC)C(CC)NCCC(=O)OC. The smallest absolute Gasteiger partial charge is 0.469 e. The van der Waals surface area contributed by atoms with Gasteiger partial charge in [0.2, 0.25) is 0 Å². The van der Waals surface area contributed by atoms with Gasteiger partial charge < -0.3 is 23.3 Å². The molecule has 0 aromatic heterocycles. The Bertz CT molecular complexity index is 248. The van der Waals surface area contributed by atoms with Gasteiger partial charge in [0.05, 0.1) is 19.2 Å². The van der Waals surface area contributed by atoms with Gasteiger partial charge in [-0.2, -0.15) is 0 Å². The molecule has 0 saturated heterocycles. The fraction of sp³-hybridized carbons (Fsp3) is 0.923. The van der Waals surface area contributed by atoms with Gasteiger partial charge in [-0.1, -0.05) is 6.92 Å². The maximum Gasteiger partial charge on any atom is 0.518 e. The average molecular weight is 307 g/mol. The molecule has 0 bridgehead atoms. The molecule has 7 heteroatoms. The highest BCUT2D eigenvalue weighted by Gasteiger charge is 2.48. The third-order valence-corrected chi connectivity index (χ3v) is 6.36. The zero-order valence-corrected chi connectivity index (χ0v) is 14.4. The predicted molar refractivity (Wildman–Crippen MR) is 79.3 cm³/mol. The first-order chi connectivity index (χ1) is 9.60. The summed E-state index contributed by atoms with van der Waals surface area (Å²) in [4.78, 5) is 11.2. The predicted octanol–water partition coefficient (Wildman–Crippen LogP) is 1.51. The minimum absolute atomic E-state index is 0.0213. The van der Waals surface area contributed by atoms with E-state index in [1.807, 2.05) is 20.8 Å². The molecule has 0 spiro atoms. The Labute approximate surface area is 123 Å². The second-order valence-corrected chi connectivity index (χ2v) is 6.91. The lowest BCUT2D eigenvalue weighted by Gasteiger charge is -2.35. The molecule has 1 N–H and O–H groups in total. The standard InChI is InChI=1S/C13H29NO5Si/c1-6-12(14-11-10-13(15)16-5)20(17-7-2,18-8-3)19-9-4/h12,14H,6-11H2,1-5H3. The number of esters is 1.